The molecule has 1 atom stereocenters. The van der Waals surface area contributed by atoms with Crippen LogP contribution in [0.15, 0.2) is 23.3 Å². The van der Waals surface area contributed by atoms with Gasteiger partial charge in [0.2, 0.25) is 5.91 Å². The summed E-state index contributed by atoms with van der Waals surface area (Å²) in [5, 5.41) is 0. The van der Waals surface area contributed by atoms with E-state index in [1.165, 1.54) is 17.6 Å². The molecule has 0 bridgehead atoms. The fourth-order valence-electron chi connectivity index (χ4n) is 2.76. The normalized spacial score (nSPS) is 21.0. The third-order valence-electron chi connectivity index (χ3n) is 4.83. The zero-order valence-electron chi connectivity index (χ0n) is 13.8. The van der Waals surface area contributed by atoms with Crippen LogP contribution in [-0.2, 0) is 4.79 Å². The maximum atomic E-state index is 11.2. The first-order chi connectivity index (χ1) is 9.24. The molecular weight excluding hydrogens is 246 g/mol. The molecule has 0 spiro atoms. The lowest BCUT2D eigenvalue weighted by Crippen LogP contribution is -2.27. The summed E-state index contributed by atoms with van der Waals surface area (Å²) in [5.41, 5.74) is 8.60. The van der Waals surface area contributed by atoms with Gasteiger partial charge < -0.3 is 5.73 Å². The van der Waals surface area contributed by atoms with Crippen molar-refractivity contribution < 1.29 is 4.79 Å². The zero-order valence-corrected chi connectivity index (χ0v) is 13.8. The number of allylic oxidation sites excluding steroid dienone is 4. The number of primary amides is 1. The fraction of sp³-hybridized carbons (Fsp3) is 0.722. The minimum Gasteiger partial charge on any atom is -0.369 e. The number of amides is 1. The van der Waals surface area contributed by atoms with E-state index in [0.29, 0.717) is 5.92 Å². The molecule has 20 heavy (non-hydrogen) atoms. The van der Waals surface area contributed by atoms with Gasteiger partial charge in [0, 0.05) is 5.92 Å². The summed E-state index contributed by atoms with van der Waals surface area (Å²) in [6.07, 6.45) is 9.71. The molecule has 1 rings (SSSR count). The Morgan fingerprint density at radius 3 is 2.60 bits per heavy atom. The lowest BCUT2D eigenvalue weighted by molar-refractivity contribution is -0.122. The maximum Gasteiger partial charge on any atom is 0.220 e. The molecule has 2 heteroatoms. The Morgan fingerprint density at radius 1 is 1.50 bits per heavy atom. The van der Waals surface area contributed by atoms with E-state index in [1.54, 1.807) is 0 Å². The molecule has 1 unspecified atom stereocenters. The highest BCUT2D eigenvalue weighted by atomic mass is 16.1. The summed E-state index contributed by atoms with van der Waals surface area (Å²) >= 11 is 0. The third kappa shape index (κ3) is 4.81. The van der Waals surface area contributed by atoms with Crippen LogP contribution in [-0.4, -0.2) is 5.91 Å². The third-order valence-corrected chi connectivity index (χ3v) is 4.83. The molecule has 0 aromatic rings. The van der Waals surface area contributed by atoms with Crippen molar-refractivity contribution in [2.24, 2.45) is 23.0 Å². The van der Waals surface area contributed by atoms with Crippen molar-refractivity contribution in [2.75, 3.05) is 0 Å². The highest BCUT2D eigenvalue weighted by Crippen LogP contribution is 2.39. The lowest BCUT2D eigenvalue weighted by Gasteiger charge is -2.32. The number of carbonyl (C=O) groups excluding carboxylic acids is 1. The van der Waals surface area contributed by atoms with Gasteiger partial charge in [0.15, 0.2) is 0 Å². The second-order valence-electron chi connectivity index (χ2n) is 7.13. The van der Waals surface area contributed by atoms with Crippen molar-refractivity contribution in [3.8, 4) is 0 Å². The molecule has 0 aromatic heterocycles. The van der Waals surface area contributed by atoms with Crippen LogP contribution in [0.25, 0.3) is 0 Å². The topological polar surface area (TPSA) is 43.1 Å². The molecule has 1 amide bonds. The summed E-state index contributed by atoms with van der Waals surface area (Å²) in [5.74, 6) is 0.551. The largest absolute Gasteiger partial charge is 0.369 e. The standard InChI is InChI=1S/C18H31NO/c1-13(2)14(3)7-6-12-18(4,5)16-10-8-15(9-11-16)17(19)20/h7,10,13,15H,6,8-9,11-12H2,1-5H3,(H2,19,20)/b14-7+. The summed E-state index contributed by atoms with van der Waals surface area (Å²) in [6, 6.07) is 0. The molecule has 1 aliphatic carbocycles. The summed E-state index contributed by atoms with van der Waals surface area (Å²) in [4.78, 5) is 11.2. The summed E-state index contributed by atoms with van der Waals surface area (Å²) < 4.78 is 0. The van der Waals surface area contributed by atoms with E-state index >= 15 is 0 Å². The molecule has 0 saturated heterocycles. The minimum atomic E-state index is -0.145. The van der Waals surface area contributed by atoms with E-state index in [4.69, 9.17) is 5.73 Å². The van der Waals surface area contributed by atoms with Crippen LogP contribution in [0.2, 0.25) is 0 Å². The Morgan fingerprint density at radius 2 is 2.15 bits per heavy atom. The predicted molar refractivity (Wildman–Crippen MR) is 86.2 cm³/mol. The zero-order chi connectivity index (χ0) is 15.3. The van der Waals surface area contributed by atoms with Crippen molar-refractivity contribution >= 4 is 5.91 Å². The average molecular weight is 277 g/mol. The first-order valence-corrected chi connectivity index (χ1v) is 7.89. The monoisotopic (exact) mass is 277 g/mol. The van der Waals surface area contributed by atoms with Gasteiger partial charge in [-0.25, -0.2) is 0 Å². The van der Waals surface area contributed by atoms with Crippen LogP contribution in [0, 0.1) is 17.3 Å². The average Bonchev–Trinajstić information content (AvgIpc) is 2.38. The Kier molecular flexibility index (Phi) is 6.04. The van der Waals surface area contributed by atoms with Crippen LogP contribution < -0.4 is 5.73 Å². The molecule has 0 aromatic carbocycles. The van der Waals surface area contributed by atoms with Gasteiger partial charge in [0.05, 0.1) is 0 Å². The number of nitrogens with two attached hydrogens (primary N) is 1. The molecule has 0 saturated carbocycles. The van der Waals surface area contributed by atoms with Crippen molar-refractivity contribution in [3.05, 3.63) is 23.3 Å². The first-order valence-electron chi connectivity index (χ1n) is 7.89. The van der Waals surface area contributed by atoms with E-state index < -0.39 is 0 Å². The van der Waals surface area contributed by atoms with Crippen LogP contribution >= 0.6 is 0 Å². The first kappa shape index (κ1) is 17.0. The summed E-state index contributed by atoms with van der Waals surface area (Å²) in [6.45, 7) is 11.3. The van der Waals surface area contributed by atoms with Crippen LogP contribution in [0.5, 0.6) is 0 Å². The number of hydrogen-bond donors (Lipinski definition) is 1. The predicted octanol–water partition coefficient (Wildman–Crippen LogP) is 4.61. The molecular formula is C18H31NO. The highest BCUT2D eigenvalue weighted by molar-refractivity contribution is 5.77. The smallest absolute Gasteiger partial charge is 0.220 e. The maximum absolute atomic E-state index is 11.2. The highest BCUT2D eigenvalue weighted by Gasteiger charge is 2.27. The van der Waals surface area contributed by atoms with Gasteiger partial charge in [0.25, 0.3) is 0 Å². The van der Waals surface area contributed by atoms with Crippen molar-refractivity contribution in [2.45, 2.75) is 66.7 Å². The number of hydrogen-bond acceptors (Lipinski definition) is 1. The van der Waals surface area contributed by atoms with Gasteiger partial charge in [-0.15, -0.1) is 0 Å². The molecule has 2 nitrogen and oxygen atoms in total. The molecule has 114 valence electrons. The molecule has 0 heterocycles. The molecule has 0 radical (unpaired) electrons. The summed E-state index contributed by atoms with van der Waals surface area (Å²) in [7, 11) is 0. The SMILES string of the molecule is C/C(=C\CCC(C)(C)C1=CCC(C(N)=O)CC1)C(C)C. The van der Waals surface area contributed by atoms with Gasteiger partial charge in [-0.2, -0.15) is 0 Å². The molecule has 0 fully saturated rings. The van der Waals surface area contributed by atoms with Crippen LogP contribution in [0.1, 0.15) is 66.7 Å². The van der Waals surface area contributed by atoms with Gasteiger partial charge >= 0.3 is 0 Å². The molecule has 0 aliphatic heterocycles. The van der Waals surface area contributed by atoms with Crippen LogP contribution in [0.3, 0.4) is 0 Å². The van der Waals surface area contributed by atoms with Gasteiger partial charge in [-0.3, -0.25) is 4.79 Å². The number of rotatable bonds is 6. The van der Waals surface area contributed by atoms with Crippen molar-refractivity contribution in [1.82, 2.24) is 0 Å². The van der Waals surface area contributed by atoms with Crippen molar-refractivity contribution in [3.63, 3.8) is 0 Å². The lowest BCUT2D eigenvalue weighted by atomic mass is 9.73. The quantitative estimate of drug-likeness (QED) is 0.708. The van der Waals surface area contributed by atoms with Gasteiger partial charge in [-0.1, -0.05) is 51.0 Å². The Balaban J connectivity index is 2.57. The van der Waals surface area contributed by atoms with Crippen LogP contribution in [0.4, 0.5) is 0 Å². The van der Waals surface area contributed by atoms with E-state index in [2.05, 4.69) is 46.8 Å². The van der Waals surface area contributed by atoms with E-state index in [9.17, 15) is 4.79 Å². The molecule has 1 aliphatic rings. The Hall–Kier alpha value is -1.05. The second-order valence-corrected chi connectivity index (χ2v) is 7.13. The van der Waals surface area contributed by atoms with Crippen molar-refractivity contribution in [1.29, 1.82) is 0 Å². The van der Waals surface area contributed by atoms with E-state index in [0.717, 1.165) is 25.7 Å². The van der Waals surface area contributed by atoms with E-state index in [1.807, 2.05) is 0 Å². The van der Waals surface area contributed by atoms with E-state index in [-0.39, 0.29) is 17.2 Å². The number of carbonyl (C=O) groups is 1. The minimum absolute atomic E-state index is 0.0534. The molecule has 2 N–H and O–H groups in total. The second kappa shape index (κ2) is 7.10. The Labute approximate surface area is 124 Å². The van der Waals surface area contributed by atoms with Gasteiger partial charge in [0.1, 0.15) is 0 Å². The Bertz CT molecular complexity index is 402. The van der Waals surface area contributed by atoms with Gasteiger partial charge in [-0.05, 0) is 50.4 Å². The fourth-order valence-corrected chi connectivity index (χ4v) is 2.76.